The molecule has 1 aromatic heterocycles. The van der Waals surface area contributed by atoms with E-state index in [0.717, 1.165) is 11.1 Å². The van der Waals surface area contributed by atoms with Gasteiger partial charge in [-0.25, -0.2) is 0 Å². The number of hydrogen-bond acceptors (Lipinski definition) is 5. The van der Waals surface area contributed by atoms with E-state index < -0.39 is 17.6 Å². The van der Waals surface area contributed by atoms with Gasteiger partial charge in [0.05, 0.1) is 6.10 Å². The summed E-state index contributed by atoms with van der Waals surface area (Å²) in [5.41, 5.74) is 1.46. The fourth-order valence-corrected chi connectivity index (χ4v) is 3.05. The number of carbonyl (C=O) groups excluding carboxylic acids is 1. The minimum Gasteiger partial charge on any atom is -0.393 e. The van der Waals surface area contributed by atoms with Gasteiger partial charge in [-0.1, -0.05) is 67.6 Å². The Morgan fingerprint density at radius 2 is 1.72 bits per heavy atom. The topological polar surface area (TPSA) is 92.9 Å². The van der Waals surface area contributed by atoms with Gasteiger partial charge in [0.25, 0.3) is 0 Å². The maximum absolute atomic E-state index is 12.7. The van der Waals surface area contributed by atoms with Crippen LogP contribution >= 0.6 is 0 Å². The van der Waals surface area contributed by atoms with Gasteiger partial charge >= 0.3 is 0 Å². The summed E-state index contributed by atoms with van der Waals surface area (Å²) in [7, 11) is 0. The molecule has 0 aliphatic heterocycles. The highest BCUT2D eigenvalue weighted by atomic mass is 16.3. The number of amides is 1. The molecule has 7 nitrogen and oxygen atoms in total. The number of aliphatic hydroxyl groups is 1. The molecule has 0 bridgehead atoms. The van der Waals surface area contributed by atoms with Gasteiger partial charge in [0.2, 0.25) is 11.7 Å². The van der Waals surface area contributed by atoms with Crippen LogP contribution < -0.4 is 5.32 Å². The monoisotopic (exact) mass is 393 g/mol. The third kappa shape index (κ3) is 5.06. The van der Waals surface area contributed by atoms with E-state index in [2.05, 4.69) is 20.7 Å². The second-order valence-electron chi connectivity index (χ2n) is 7.69. The Labute approximate surface area is 170 Å². The lowest BCUT2D eigenvalue weighted by Gasteiger charge is -2.33. The van der Waals surface area contributed by atoms with Crippen molar-refractivity contribution in [3.05, 3.63) is 66.2 Å². The van der Waals surface area contributed by atoms with Crippen molar-refractivity contribution in [1.82, 2.24) is 25.5 Å². The van der Waals surface area contributed by atoms with Crippen LogP contribution in [0.3, 0.4) is 0 Å². The van der Waals surface area contributed by atoms with E-state index in [4.69, 9.17) is 0 Å². The molecule has 29 heavy (non-hydrogen) atoms. The number of tetrazole rings is 1. The van der Waals surface area contributed by atoms with Gasteiger partial charge in [0.15, 0.2) is 0 Å². The molecule has 0 saturated heterocycles. The number of aromatic nitrogens is 4. The van der Waals surface area contributed by atoms with Crippen molar-refractivity contribution in [1.29, 1.82) is 0 Å². The average Bonchev–Trinajstić information content (AvgIpc) is 3.23. The highest BCUT2D eigenvalue weighted by Crippen LogP contribution is 2.26. The fourth-order valence-electron chi connectivity index (χ4n) is 3.05. The quantitative estimate of drug-likeness (QED) is 0.614. The van der Waals surface area contributed by atoms with Crippen LogP contribution in [0.5, 0.6) is 0 Å². The Morgan fingerprint density at radius 1 is 1.10 bits per heavy atom. The number of nitrogens with zero attached hydrogens (tertiary/aromatic N) is 4. The highest BCUT2D eigenvalue weighted by Gasteiger charge is 2.32. The van der Waals surface area contributed by atoms with Crippen molar-refractivity contribution < 1.29 is 9.90 Å². The van der Waals surface area contributed by atoms with Crippen molar-refractivity contribution in [2.24, 2.45) is 5.41 Å². The number of carbonyl (C=O) groups is 1. The molecule has 1 amide bonds. The van der Waals surface area contributed by atoms with Gasteiger partial charge < -0.3 is 10.4 Å². The van der Waals surface area contributed by atoms with Crippen LogP contribution in [-0.2, 0) is 11.2 Å². The standard InChI is InChI=1S/C22H27N5O2/c1-16(27-25-20(24-26-27)19-12-8-5-9-13-19)21(29)23-15-22(3,17(2)28)14-18-10-6-4-7-11-18/h4-13,16-17,28H,14-15H2,1-3H3,(H,23,29)/t16-,17-,22-/m1/s1. The predicted octanol–water partition coefficient (Wildman–Crippen LogP) is 2.65. The minimum atomic E-state index is -0.616. The maximum Gasteiger partial charge on any atom is 0.246 e. The summed E-state index contributed by atoms with van der Waals surface area (Å²) in [6.45, 7) is 5.78. The zero-order chi connectivity index (χ0) is 20.9. The van der Waals surface area contributed by atoms with Crippen LogP contribution in [0.25, 0.3) is 11.4 Å². The normalized spacial score (nSPS) is 15.3. The summed E-state index contributed by atoms with van der Waals surface area (Å²) >= 11 is 0. The van der Waals surface area contributed by atoms with Gasteiger partial charge in [0.1, 0.15) is 6.04 Å². The second kappa shape index (κ2) is 8.96. The number of benzene rings is 2. The summed E-state index contributed by atoms with van der Waals surface area (Å²) in [5.74, 6) is 0.255. The first-order chi connectivity index (χ1) is 13.9. The van der Waals surface area contributed by atoms with Crippen LogP contribution in [-0.4, -0.2) is 43.9 Å². The van der Waals surface area contributed by atoms with Crippen molar-refractivity contribution in [2.45, 2.75) is 39.3 Å². The third-order valence-corrected chi connectivity index (χ3v) is 5.31. The number of rotatable bonds is 8. The SMILES string of the molecule is C[C@H](C(=O)NC[C@@](C)(Cc1ccccc1)[C@@H](C)O)n1nnc(-c2ccccc2)n1. The summed E-state index contributed by atoms with van der Waals surface area (Å²) in [6, 6.07) is 18.8. The van der Waals surface area contributed by atoms with E-state index in [1.165, 1.54) is 4.80 Å². The summed E-state index contributed by atoms with van der Waals surface area (Å²) in [5, 5.41) is 25.7. The van der Waals surface area contributed by atoms with Crippen LogP contribution in [0.2, 0.25) is 0 Å². The molecule has 0 fully saturated rings. The Kier molecular flexibility index (Phi) is 6.39. The Balaban J connectivity index is 1.65. The van der Waals surface area contributed by atoms with Crippen molar-refractivity contribution in [3.63, 3.8) is 0 Å². The third-order valence-electron chi connectivity index (χ3n) is 5.31. The van der Waals surface area contributed by atoms with E-state index in [0.29, 0.717) is 18.8 Å². The maximum atomic E-state index is 12.7. The summed E-state index contributed by atoms with van der Waals surface area (Å²) in [6.07, 6.45) is 0.0624. The molecule has 0 saturated carbocycles. The van der Waals surface area contributed by atoms with E-state index in [1.807, 2.05) is 67.6 Å². The molecule has 7 heteroatoms. The number of hydrogen-bond donors (Lipinski definition) is 2. The van der Waals surface area contributed by atoms with Gasteiger partial charge in [0, 0.05) is 17.5 Å². The summed E-state index contributed by atoms with van der Waals surface area (Å²) < 4.78 is 0. The van der Waals surface area contributed by atoms with Crippen molar-refractivity contribution in [3.8, 4) is 11.4 Å². The van der Waals surface area contributed by atoms with Crippen molar-refractivity contribution >= 4 is 5.91 Å². The largest absolute Gasteiger partial charge is 0.393 e. The average molecular weight is 393 g/mol. The predicted molar refractivity (Wildman–Crippen MR) is 111 cm³/mol. The Morgan fingerprint density at radius 3 is 2.34 bits per heavy atom. The zero-order valence-electron chi connectivity index (χ0n) is 17.0. The van der Waals surface area contributed by atoms with Crippen LogP contribution in [0.15, 0.2) is 60.7 Å². The highest BCUT2D eigenvalue weighted by molar-refractivity contribution is 5.79. The van der Waals surface area contributed by atoms with Crippen LogP contribution in [0.1, 0.15) is 32.4 Å². The Hall–Kier alpha value is -3.06. The number of aliphatic hydroxyl groups excluding tert-OH is 1. The molecule has 2 N–H and O–H groups in total. The molecular weight excluding hydrogens is 366 g/mol. The molecule has 3 rings (SSSR count). The lowest BCUT2D eigenvalue weighted by atomic mass is 9.79. The van der Waals surface area contributed by atoms with Gasteiger partial charge in [-0.3, -0.25) is 4.79 Å². The first kappa shape index (κ1) is 20.7. The molecule has 0 aliphatic rings. The minimum absolute atomic E-state index is 0.220. The lowest BCUT2D eigenvalue weighted by Crippen LogP contribution is -2.45. The van der Waals surface area contributed by atoms with E-state index in [-0.39, 0.29) is 5.91 Å². The van der Waals surface area contributed by atoms with Gasteiger partial charge in [-0.2, -0.15) is 4.80 Å². The second-order valence-corrected chi connectivity index (χ2v) is 7.69. The fraction of sp³-hybridized carbons (Fsp3) is 0.364. The van der Waals surface area contributed by atoms with Gasteiger partial charge in [-0.15, -0.1) is 10.2 Å². The molecule has 0 aliphatic carbocycles. The van der Waals surface area contributed by atoms with Crippen LogP contribution in [0.4, 0.5) is 0 Å². The molecular formula is C22H27N5O2. The Bertz CT molecular complexity index is 927. The van der Waals surface area contributed by atoms with Gasteiger partial charge in [-0.05, 0) is 31.0 Å². The number of nitrogens with one attached hydrogen (secondary N) is 1. The lowest BCUT2D eigenvalue weighted by molar-refractivity contribution is -0.125. The van der Waals surface area contributed by atoms with E-state index in [1.54, 1.807) is 13.8 Å². The molecule has 0 unspecified atom stereocenters. The zero-order valence-corrected chi connectivity index (χ0v) is 17.0. The summed E-state index contributed by atoms with van der Waals surface area (Å²) in [4.78, 5) is 14.0. The molecule has 3 atom stereocenters. The molecule has 2 aromatic carbocycles. The molecule has 3 aromatic rings. The first-order valence-electron chi connectivity index (χ1n) is 9.74. The molecule has 0 spiro atoms. The first-order valence-corrected chi connectivity index (χ1v) is 9.74. The van der Waals surface area contributed by atoms with Crippen molar-refractivity contribution in [2.75, 3.05) is 6.54 Å². The van der Waals surface area contributed by atoms with E-state index in [9.17, 15) is 9.90 Å². The van der Waals surface area contributed by atoms with Crippen LogP contribution in [0, 0.1) is 5.41 Å². The smallest absolute Gasteiger partial charge is 0.246 e. The molecule has 0 radical (unpaired) electrons. The molecule has 152 valence electrons. The van der Waals surface area contributed by atoms with E-state index >= 15 is 0 Å². The molecule has 1 heterocycles.